The first kappa shape index (κ1) is 27.3. The lowest BCUT2D eigenvalue weighted by atomic mass is 10.0. The van der Waals surface area contributed by atoms with Gasteiger partial charge in [-0.15, -0.1) is 0 Å². The number of carbonyl (C=O) groups excluding carboxylic acids is 2. The molecule has 0 heterocycles. The van der Waals surface area contributed by atoms with Crippen LogP contribution >= 0.6 is 23.2 Å². The van der Waals surface area contributed by atoms with Crippen LogP contribution in [-0.4, -0.2) is 21.8 Å². The van der Waals surface area contributed by atoms with Gasteiger partial charge < -0.3 is 10.2 Å². The third kappa shape index (κ3) is 8.43. The summed E-state index contributed by atoms with van der Waals surface area (Å²) in [6, 6.07) is 31.7. The van der Waals surface area contributed by atoms with Gasteiger partial charge in [0, 0.05) is 34.0 Å². The minimum atomic E-state index is -0.769. The fourth-order valence-corrected chi connectivity index (χ4v) is 3.70. The summed E-state index contributed by atoms with van der Waals surface area (Å²) in [5, 5.41) is 21.1. The molecule has 4 aromatic carbocycles. The highest BCUT2D eigenvalue weighted by Crippen LogP contribution is 2.21. The first-order valence-corrected chi connectivity index (χ1v) is 12.1. The summed E-state index contributed by atoms with van der Waals surface area (Å²) in [4.78, 5) is 23.9. The van der Waals surface area contributed by atoms with Crippen LogP contribution in [0.5, 0.6) is 0 Å². The minimum Gasteiger partial charge on any atom is -0.388 e. The molecule has 2 atom stereocenters. The van der Waals surface area contributed by atoms with Gasteiger partial charge >= 0.3 is 0 Å². The highest BCUT2D eigenvalue weighted by Gasteiger charge is 2.15. The molecule has 4 aromatic rings. The molecule has 0 spiro atoms. The van der Waals surface area contributed by atoms with Gasteiger partial charge in [-0.25, -0.2) is 0 Å². The first-order valence-electron chi connectivity index (χ1n) is 11.4. The number of aliphatic hydroxyl groups excluding tert-OH is 2. The fourth-order valence-electron chi connectivity index (χ4n) is 3.44. The van der Waals surface area contributed by atoms with E-state index in [1.165, 1.54) is 0 Å². The van der Waals surface area contributed by atoms with Crippen molar-refractivity contribution in [2.45, 2.75) is 25.0 Å². The number of aliphatic hydroxyl groups is 2. The molecule has 0 aliphatic rings. The summed E-state index contributed by atoms with van der Waals surface area (Å²) in [6.07, 6.45) is -1.39. The van der Waals surface area contributed by atoms with Gasteiger partial charge in [0.15, 0.2) is 11.6 Å². The van der Waals surface area contributed by atoms with Crippen LogP contribution in [-0.2, 0) is 0 Å². The molecule has 0 bridgehead atoms. The summed E-state index contributed by atoms with van der Waals surface area (Å²) >= 11 is 11.5. The van der Waals surface area contributed by atoms with Gasteiger partial charge in [0.05, 0.1) is 12.2 Å². The molecule has 0 saturated heterocycles. The predicted octanol–water partition coefficient (Wildman–Crippen LogP) is 7.29. The van der Waals surface area contributed by atoms with Gasteiger partial charge in [-0.05, 0) is 59.7 Å². The van der Waals surface area contributed by atoms with Gasteiger partial charge in [-0.3, -0.25) is 9.59 Å². The summed E-state index contributed by atoms with van der Waals surface area (Å²) < 4.78 is 0. The molecule has 0 aromatic heterocycles. The Labute approximate surface area is 220 Å². The largest absolute Gasteiger partial charge is 0.388 e. The number of Topliss-reactive ketones (excluding diaryl/α,β-unsaturated/α-hetero) is 2. The third-order valence-corrected chi connectivity index (χ3v) is 5.96. The zero-order valence-corrected chi connectivity index (χ0v) is 20.9. The molecule has 4 nitrogen and oxygen atoms in total. The van der Waals surface area contributed by atoms with E-state index in [9.17, 15) is 19.8 Å². The van der Waals surface area contributed by atoms with Crippen LogP contribution in [0.1, 0.15) is 56.9 Å². The third-order valence-electron chi connectivity index (χ3n) is 5.46. The monoisotopic (exact) mass is 520 g/mol. The van der Waals surface area contributed by atoms with E-state index in [4.69, 9.17) is 23.2 Å². The SMILES string of the molecule is O=C(CC(O)c1ccccc1)c1ccc(Cl)cc1.O=C(CC(O)c1ccccc1)c1ccc(Cl)cc1. The van der Waals surface area contributed by atoms with Crippen molar-refractivity contribution in [1.82, 2.24) is 0 Å². The van der Waals surface area contributed by atoms with Crippen molar-refractivity contribution in [3.05, 3.63) is 141 Å². The molecule has 0 fully saturated rings. The molecule has 0 saturated carbocycles. The van der Waals surface area contributed by atoms with E-state index in [1.54, 1.807) is 72.8 Å². The second kappa shape index (κ2) is 13.7. The van der Waals surface area contributed by atoms with Crippen LogP contribution in [0.2, 0.25) is 10.0 Å². The van der Waals surface area contributed by atoms with Gasteiger partial charge in [0.2, 0.25) is 0 Å². The number of carbonyl (C=O) groups is 2. The maximum absolute atomic E-state index is 11.9. The van der Waals surface area contributed by atoms with Crippen molar-refractivity contribution in [2.24, 2.45) is 0 Å². The van der Waals surface area contributed by atoms with E-state index in [0.717, 1.165) is 11.1 Å². The predicted molar refractivity (Wildman–Crippen MR) is 144 cm³/mol. The summed E-state index contributed by atoms with van der Waals surface area (Å²) in [6.45, 7) is 0. The molecule has 2 unspecified atom stereocenters. The number of ketones is 2. The van der Waals surface area contributed by atoms with Crippen LogP contribution in [0.3, 0.4) is 0 Å². The standard InChI is InChI=1S/2C15H13ClO2/c2*16-13-8-6-12(7-9-13)15(18)10-14(17)11-4-2-1-3-5-11/h2*1-9,14,17H,10H2. The van der Waals surface area contributed by atoms with Crippen LogP contribution in [0.4, 0.5) is 0 Å². The van der Waals surface area contributed by atoms with Crippen LogP contribution in [0, 0.1) is 0 Å². The minimum absolute atomic E-state index is 0.0750. The molecular weight excluding hydrogens is 495 g/mol. The Hall–Kier alpha value is -3.28. The Morgan fingerprint density at radius 2 is 0.833 bits per heavy atom. The summed E-state index contributed by atoms with van der Waals surface area (Å²) in [5.41, 5.74) is 2.63. The van der Waals surface area contributed by atoms with E-state index in [2.05, 4.69) is 0 Å². The zero-order valence-electron chi connectivity index (χ0n) is 19.4. The Bertz CT molecular complexity index is 1140. The molecule has 0 aliphatic heterocycles. The lowest BCUT2D eigenvalue weighted by Crippen LogP contribution is -2.06. The highest BCUT2D eigenvalue weighted by atomic mass is 35.5. The first-order chi connectivity index (χ1) is 17.3. The molecule has 6 heteroatoms. The quantitative estimate of drug-likeness (QED) is 0.239. The molecule has 184 valence electrons. The van der Waals surface area contributed by atoms with Crippen LogP contribution in [0.25, 0.3) is 0 Å². The fraction of sp³-hybridized carbons (Fsp3) is 0.133. The number of rotatable bonds is 8. The molecule has 0 amide bonds. The lowest BCUT2D eigenvalue weighted by molar-refractivity contribution is 0.0869. The molecular formula is C30H26Cl2O4. The Kier molecular flexibility index (Phi) is 10.4. The molecule has 0 radical (unpaired) electrons. The van der Waals surface area contributed by atoms with E-state index in [1.807, 2.05) is 36.4 Å². The van der Waals surface area contributed by atoms with Crippen molar-refractivity contribution < 1.29 is 19.8 Å². The second-order valence-corrected chi connectivity index (χ2v) is 8.99. The van der Waals surface area contributed by atoms with E-state index in [0.29, 0.717) is 21.2 Å². The van der Waals surface area contributed by atoms with Gasteiger partial charge in [-0.2, -0.15) is 0 Å². The number of hydrogen-bond donors (Lipinski definition) is 2. The van der Waals surface area contributed by atoms with E-state index < -0.39 is 12.2 Å². The maximum Gasteiger partial charge on any atom is 0.165 e. The smallest absolute Gasteiger partial charge is 0.165 e. The highest BCUT2D eigenvalue weighted by molar-refractivity contribution is 6.31. The number of halogens is 2. The molecule has 2 N–H and O–H groups in total. The Morgan fingerprint density at radius 3 is 1.14 bits per heavy atom. The second-order valence-electron chi connectivity index (χ2n) is 8.12. The van der Waals surface area contributed by atoms with Crippen molar-refractivity contribution in [2.75, 3.05) is 0 Å². The van der Waals surface area contributed by atoms with Crippen molar-refractivity contribution in [3.63, 3.8) is 0 Å². The van der Waals surface area contributed by atoms with Crippen molar-refractivity contribution in [3.8, 4) is 0 Å². The van der Waals surface area contributed by atoms with E-state index >= 15 is 0 Å². The maximum atomic E-state index is 11.9. The summed E-state index contributed by atoms with van der Waals surface area (Å²) in [5.74, 6) is -0.189. The van der Waals surface area contributed by atoms with Crippen molar-refractivity contribution in [1.29, 1.82) is 0 Å². The molecule has 0 aliphatic carbocycles. The van der Waals surface area contributed by atoms with Gasteiger partial charge in [0.25, 0.3) is 0 Å². The lowest BCUT2D eigenvalue weighted by Gasteiger charge is -2.10. The zero-order chi connectivity index (χ0) is 25.9. The molecule has 36 heavy (non-hydrogen) atoms. The van der Waals surface area contributed by atoms with E-state index in [-0.39, 0.29) is 24.4 Å². The van der Waals surface area contributed by atoms with Crippen LogP contribution in [0.15, 0.2) is 109 Å². The number of benzene rings is 4. The summed E-state index contributed by atoms with van der Waals surface area (Å²) in [7, 11) is 0. The topological polar surface area (TPSA) is 74.6 Å². The average Bonchev–Trinajstić information content (AvgIpc) is 2.90. The Morgan fingerprint density at radius 1 is 0.528 bits per heavy atom. The van der Waals surface area contributed by atoms with Crippen LogP contribution < -0.4 is 0 Å². The Balaban J connectivity index is 0.000000201. The van der Waals surface area contributed by atoms with Gasteiger partial charge in [-0.1, -0.05) is 83.9 Å². The molecule has 4 rings (SSSR count). The normalized spacial score (nSPS) is 12.1. The number of hydrogen-bond acceptors (Lipinski definition) is 4. The van der Waals surface area contributed by atoms with Gasteiger partial charge in [0.1, 0.15) is 0 Å². The average molecular weight is 521 g/mol. The van der Waals surface area contributed by atoms with Crippen molar-refractivity contribution >= 4 is 34.8 Å².